The molecule has 0 aliphatic rings. The van der Waals surface area contributed by atoms with E-state index in [1.807, 2.05) is 24.3 Å². The van der Waals surface area contributed by atoms with Crippen molar-refractivity contribution in [3.8, 4) is 17.0 Å². The first-order valence-corrected chi connectivity index (χ1v) is 5.70. The quantitative estimate of drug-likeness (QED) is 0.723. The molecule has 3 rings (SSSR count). The van der Waals surface area contributed by atoms with E-state index in [0.717, 1.165) is 17.0 Å². The maximum atomic E-state index is 11.8. The molecule has 0 bridgehead atoms. The predicted octanol–water partition coefficient (Wildman–Crippen LogP) is 1.28. The Hall–Kier alpha value is -2.76. The number of rotatable bonds is 2. The number of nitrogens with one attached hydrogen (secondary N) is 1. The summed E-state index contributed by atoms with van der Waals surface area (Å²) in [5.41, 5.74) is 7.61. The number of anilines is 1. The Kier molecular flexibility index (Phi) is 2.49. The summed E-state index contributed by atoms with van der Waals surface area (Å²) < 4.78 is 6.43. The van der Waals surface area contributed by atoms with Gasteiger partial charge < -0.3 is 10.5 Å². The van der Waals surface area contributed by atoms with Gasteiger partial charge in [0, 0.05) is 6.07 Å². The van der Waals surface area contributed by atoms with E-state index in [4.69, 9.17) is 10.5 Å². The molecular weight excluding hydrogens is 244 g/mol. The van der Waals surface area contributed by atoms with Crippen LogP contribution >= 0.6 is 0 Å². The summed E-state index contributed by atoms with van der Waals surface area (Å²) in [6, 6.07) is 9.30. The van der Waals surface area contributed by atoms with E-state index in [1.165, 1.54) is 10.7 Å². The molecule has 0 fully saturated rings. The lowest BCUT2D eigenvalue weighted by Crippen LogP contribution is -2.18. The number of nitrogen functional groups attached to an aromatic ring is 1. The highest BCUT2D eigenvalue weighted by molar-refractivity contribution is 5.65. The molecule has 0 atom stereocenters. The van der Waals surface area contributed by atoms with Gasteiger partial charge in [0.2, 0.25) is 0 Å². The molecule has 96 valence electrons. The van der Waals surface area contributed by atoms with Gasteiger partial charge in [0.15, 0.2) is 5.65 Å². The average Bonchev–Trinajstić information content (AvgIpc) is 2.88. The fourth-order valence-corrected chi connectivity index (χ4v) is 1.89. The molecule has 19 heavy (non-hydrogen) atoms. The zero-order valence-corrected chi connectivity index (χ0v) is 10.3. The van der Waals surface area contributed by atoms with Crippen LogP contribution in [-0.2, 0) is 0 Å². The van der Waals surface area contributed by atoms with E-state index in [9.17, 15) is 4.79 Å². The monoisotopic (exact) mass is 256 g/mol. The van der Waals surface area contributed by atoms with E-state index in [2.05, 4.69) is 10.1 Å². The lowest BCUT2D eigenvalue weighted by molar-refractivity contribution is 0.415. The van der Waals surface area contributed by atoms with Crippen molar-refractivity contribution in [1.82, 2.24) is 14.6 Å². The molecule has 6 nitrogen and oxygen atoms in total. The van der Waals surface area contributed by atoms with E-state index in [0.29, 0.717) is 5.65 Å². The van der Waals surface area contributed by atoms with Gasteiger partial charge in [-0.05, 0) is 29.8 Å². The third-order valence-electron chi connectivity index (χ3n) is 2.92. The molecule has 0 aliphatic heterocycles. The van der Waals surface area contributed by atoms with Crippen LogP contribution in [0.25, 0.3) is 16.9 Å². The summed E-state index contributed by atoms with van der Waals surface area (Å²) in [6.45, 7) is 0. The molecule has 3 N–H and O–H groups in total. The van der Waals surface area contributed by atoms with Crippen LogP contribution in [0.1, 0.15) is 0 Å². The Morgan fingerprint density at radius 2 is 2.05 bits per heavy atom. The number of nitrogens with two attached hydrogens (primary N) is 1. The summed E-state index contributed by atoms with van der Waals surface area (Å²) >= 11 is 0. The number of hydrogen-bond acceptors (Lipinski definition) is 4. The molecule has 0 amide bonds. The zero-order valence-electron chi connectivity index (χ0n) is 10.3. The van der Waals surface area contributed by atoms with Gasteiger partial charge in [-0.25, -0.2) is 4.98 Å². The number of aromatic nitrogens is 3. The van der Waals surface area contributed by atoms with Crippen molar-refractivity contribution < 1.29 is 4.74 Å². The third-order valence-corrected chi connectivity index (χ3v) is 2.92. The Bertz CT molecular complexity index is 787. The first-order valence-electron chi connectivity index (χ1n) is 5.70. The van der Waals surface area contributed by atoms with Crippen LogP contribution in [0.15, 0.2) is 41.3 Å². The van der Waals surface area contributed by atoms with Crippen LogP contribution in [0.4, 0.5) is 5.69 Å². The topological polar surface area (TPSA) is 85.4 Å². The maximum Gasteiger partial charge on any atom is 0.295 e. The molecule has 6 heteroatoms. The maximum absolute atomic E-state index is 11.8. The summed E-state index contributed by atoms with van der Waals surface area (Å²) in [7, 11) is 1.62. The van der Waals surface area contributed by atoms with Crippen molar-refractivity contribution in [3.63, 3.8) is 0 Å². The highest BCUT2D eigenvalue weighted by atomic mass is 16.5. The molecule has 0 saturated heterocycles. The molecule has 3 aromatic rings. The zero-order chi connectivity index (χ0) is 13.4. The predicted molar refractivity (Wildman–Crippen MR) is 72.2 cm³/mol. The molecule has 0 unspecified atom stereocenters. The van der Waals surface area contributed by atoms with Crippen molar-refractivity contribution in [1.29, 1.82) is 0 Å². The largest absolute Gasteiger partial charge is 0.497 e. The minimum absolute atomic E-state index is 0.112. The van der Waals surface area contributed by atoms with E-state index in [1.54, 1.807) is 13.2 Å². The van der Waals surface area contributed by atoms with Gasteiger partial charge in [-0.3, -0.25) is 9.89 Å². The number of hydrogen-bond donors (Lipinski definition) is 2. The van der Waals surface area contributed by atoms with Gasteiger partial charge in [0.1, 0.15) is 11.4 Å². The number of aromatic amines is 1. The summed E-state index contributed by atoms with van der Waals surface area (Å²) in [4.78, 5) is 15.9. The minimum Gasteiger partial charge on any atom is -0.497 e. The van der Waals surface area contributed by atoms with Crippen LogP contribution in [0.2, 0.25) is 0 Å². The third kappa shape index (κ3) is 1.83. The lowest BCUT2D eigenvalue weighted by Gasteiger charge is -2.00. The van der Waals surface area contributed by atoms with Gasteiger partial charge >= 0.3 is 0 Å². The molecule has 1 aromatic carbocycles. The summed E-state index contributed by atoms with van der Waals surface area (Å²) in [5, 5.41) is 2.98. The molecular formula is C13H12N4O2. The Labute approximate surface area is 108 Å². The van der Waals surface area contributed by atoms with E-state index >= 15 is 0 Å². The van der Waals surface area contributed by atoms with Gasteiger partial charge in [0.05, 0.1) is 19.0 Å². The van der Waals surface area contributed by atoms with Crippen molar-refractivity contribution in [2.45, 2.75) is 0 Å². The van der Waals surface area contributed by atoms with Crippen molar-refractivity contribution in [3.05, 3.63) is 46.9 Å². The highest BCUT2D eigenvalue weighted by Crippen LogP contribution is 2.21. The Morgan fingerprint density at radius 1 is 1.32 bits per heavy atom. The standard InChI is InChI=1S/C13H12N4O2/c1-19-9-4-2-8(3-5-9)11-6-12-15-7-10(14)13(18)17(12)16-11/h2-7,16H,14H2,1H3. The SMILES string of the molecule is COc1ccc(-c2cc3ncc(N)c(=O)n3[nH]2)cc1. The van der Waals surface area contributed by atoms with Gasteiger partial charge in [0.25, 0.3) is 5.56 Å². The fourth-order valence-electron chi connectivity index (χ4n) is 1.89. The number of ether oxygens (including phenoxy) is 1. The normalized spacial score (nSPS) is 10.8. The van der Waals surface area contributed by atoms with Gasteiger partial charge in [-0.1, -0.05) is 0 Å². The second kappa shape index (κ2) is 4.16. The molecule has 0 spiro atoms. The number of nitrogens with zero attached hydrogens (tertiary/aromatic N) is 2. The van der Waals surface area contributed by atoms with E-state index in [-0.39, 0.29) is 11.2 Å². The molecule has 2 aromatic heterocycles. The number of methoxy groups -OCH3 is 1. The van der Waals surface area contributed by atoms with Crippen LogP contribution in [-0.4, -0.2) is 21.7 Å². The number of H-pyrrole nitrogens is 1. The number of fused-ring (bicyclic) bond motifs is 1. The first kappa shape index (κ1) is 11.3. The molecule has 2 heterocycles. The molecule has 0 aliphatic carbocycles. The second-order valence-electron chi connectivity index (χ2n) is 4.11. The van der Waals surface area contributed by atoms with Crippen molar-refractivity contribution in [2.75, 3.05) is 12.8 Å². The smallest absolute Gasteiger partial charge is 0.295 e. The first-order chi connectivity index (χ1) is 9.19. The average molecular weight is 256 g/mol. The van der Waals surface area contributed by atoms with E-state index < -0.39 is 0 Å². The minimum atomic E-state index is -0.301. The number of benzene rings is 1. The Morgan fingerprint density at radius 3 is 2.74 bits per heavy atom. The summed E-state index contributed by atoms with van der Waals surface area (Å²) in [5.74, 6) is 0.777. The molecule has 0 saturated carbocycles. The van der Waals surface area contributed by atoms with Gasteiger partial charge in [-0.2, -0.15) is 4.52 Å². The van der Waals surface area contributed by atoms with Gasteiger partial charge in [-0.15, -0.1) is 0 Å². The lowest BCUT2D eigenvalue weighted by atomic mass is 10.1. The highest BCUT2D eigenvalue weighted by Gasteiger charge is 2.07. The van der Waals surface area contributed by atoms with Crippen LogP contribution in [0.3, 0.4) is 0 Å². The van der Waals surface area contributed by atoms with Crippen LogP contribution in [0.5, 0.6) is 5.75 Å². The molecule has 0 radical (unpaired) electrons. The second-order valence-corrected chi connectivity index (χ2v) is 4.11. The fraction of sp³-hybridized carbons (Fsp3) is 0.0769. The summed E-state index contributed by atoms with van der Waals surface area (Å²) in [6.07, 6.45) is 1.36. The van der Waals surface area contributed by atoms with Crippen molar-refractivity contribution >= 4 is 11.3 Å². The van der Waals surface area contributed by atoms with Crippen LogP contribution < -0.4 is 16.0 Å². The Balaban J connectivity index is 2.15. The van der Waals surface area contributed by atoms with Crippen molar-refractivity contribution in [2.24, 2.45) is 0 Å². The van der Waals surface area contributed by atoms with Crippen LogP contribution in [0, 0.1) is 0 Å².